The molecule has 1 aliphatic rings. The number of rotatable bonds is 5. The second-order valence-electron chi connectivity index (χ2n) is 7.00. The van der Waals surface area contributed by atoms with Crippen molar-refractivity contribution in [2.75, 3.05) is 26.2 Å². The number of piperazine rings is 1. The molecule has 27 heavy (non-hydrogen) atoms. The quantitative estimate of drug-likeness (QED) is 0.877. The summed E-state index contributed by atoms with van der Waals surface area (Å²) in [4.78, 5) is 16.5. The zero-order valence-electron chi connectivity index (χ0n) is 15.4. The molecule has 3 rings (SSSR count). The highest BCUT2D eigenvalue weighted by atomic mass is 19.1. The summed E-state index contributed by atoms with van der Waals surface area (Å²) in [5.74, 6) is -1.17. The average molecular weight is 373 g/mol. The van der Waals surface area contributed by atoms with Gasteiger partial charge in [0.1, 0.15) is 11.6 Å². The Bertz CT molecular complexity index is 776. The standard InChI is InChI=1S/C21H25F2N3O/c1-15(18-8-7-17(22)14-19(18)23)25-9-11-26(12-10-25)21(27)20(24)13-16-5-3-2-4-6-16/h2-8,14-15,20H,9-13,24H2,1H3. The maximum absolute atomic E-state index is 14.0. The van der Waals surface area contributed by atoms with Crippen molar-refractivity contribution in [3.63, 3.8) is 0 Å². The van der Waals surface area contributed by atoms with Gasteiger partial charge in [0.25, 0.3) is 0 Å². The van der Waals surface area contributed by atoms with Gasteiger partial charge in [0.05, 0.1) is 6.04 Å². The summed E-state index contributed by atoms with van der Waals surface area (Å²) in [6, 6.07) is 12.7. The van der Waals surface area contributed by atoms with E-state index >= 15 is 0 Å². The highest BCUT2D eigenvalue weighted by Gasteiger charge is 2.28. The summed E-state index contributed by atoms with van der Waals surface area (Å²) in [5.41, 5.74) is 7.62. The molecule has 0 saturated carbocycles. The van der Waals surface area contributed by atoms with Gasteiger partial charge in [0.15, 0.2) is 0 Å². The fraction of sp³-hybridized carbons (Fsp3) is 0.381. The van der Waals surface area contributed by atoms with Gasteiger partial charge in [0, 0.05) is 43.9 Å². The molecule has 2 aromatic carbocycles. The van der Waals surface area contributed by atoms with E-state index in [4.69, 9.17) is 5.73 Å². The molecule has 6 heteroatoms. The molecule has 1 heterocycles. The lowest BCUT2D eigenvalue weighted by Gasteiger charge is -2.39. The Hall–Kier alpha value is -2.31. The van der Waals surface area contributed by atoms with Gasteiger partial charge in [-0.15, -0.1) is 0 Å². The van der Waals surface area contributed by atoms with Crippen LogP contribution in [0.3, 0.4) is 0 Å². The Balaban J connectivity index is 1.55. The van der Waals surface area contributed by atoms with Gasteiger partial charge in [-0.1, -0.05) is 36.4 Å². The Kier molecular flexibility index (Phi) is 6.19. The van der Waals surface area contributed by atoms with Crippen molar-refractivity contribution >= 4 is 5.91 Å². The lowest BCUT2D eigenvalue weighted by atomic mass is 10.0. The third-order valence-corrected chi connectivity index (χ3v) is 5.20. The first kappa shape index (κ1) is 19.5. The third kappa shape index (κ3) is 4.70. The molecule has 2 N–H and O–H groups in total. The highest BCUT2D eigenvalue weighted by Crippen LogP contribution is 2.24. The van der Waals surface area contributed by atoms with Crippen LogP contribution in [0.1, 0.15) is 24.1 Å². The predicted octanol–water partition coefficient (Wildman–Crippen LogP) is 2.74. The molecular formula is C21H25F2N3O. The van der Waals surface area contributed by atoms with Gasteiger partial charge in [-0.2, -0.15) is 0 Å². The molecular weight excluding hydrogens is 348 g/mol. The molecule has 2 aromatic rings. The van der Waals surface area contributed by atoms with Crippen molar-refractivity contribution in [3.8, 4) is 0 Å². The number of carbonyl (C=O) groups is 1. The van der Waals surface area contributed by atoms with Crippen LogP contribution in [0.2, 0.25) is 0 Å². The van der Waals surface area contributed by atoms with Crippen LogP contribution in [0.4, 0.5) is 8.78 Å². The zero-order valence-corrected chi connectivity index (χ0v) is 15.4. The maximum Gasteiger partial charge on any atom is 0.239 e. The minimum Gasteiger partial charge on any atom is -0.339 e. The third-order valence-electron chi connectivity index (χ3n) is 5.20. The second-order valence-corrected chi connectivity index (χ2v) is 7.00. The Morgan fingerprint density at radius 3 is 2.37 bits per heavy atom. The number of amides is 1. The van der Waals surface area contributed by atoms with E-state index in [-0.39, 0.29) is 11.9 Å². The van der Waals surface area contributed by atoms with Crippen LogP contribution in [0.5, 0.6) is 0 Å². The highest BCUT2D eigenvalue weighted by molar-refractivity contribution is 5.82. The Morgan fingerprint density at radius 2 is 1.74 bits per heavy atom. The molecule has 0 spiro atoms. The Labute approximate surface area is 158 Å². The largest absolute Gasteiger partial charge is 0.339 e. The summed E-state index contributed by atoms with van der Waals surface area (Å²) < 4.78 is 27.1. The van der Waals surface area contributed by atoms with Gasteiger partial charge >= 0.3 is 0 Å². The van der Waals surface area contributed by atoms with Gasteiger partial charge in [0.2, 0.25) is 5.91 Å². The van der Waals surface area contributed by atoms with Crippen molar-refractivity contribution in [1.29, 1.82) is 0 Å². The van der Waals surface area contributed by atoms with Crippen molar-refractivity contribution in [3.05, 3.63) is 71.3 Å². The first-order valence-corrected chi connectivity index (χ1v) is 9.23. The average Bonchev–Trinajstić information content (AvgIpc) is 2.68. The molecule has 0 bridgehead atoms. The van der Waals surface area contributed by atoms with Gasteiger partial charge < -0.3 is 10.6 Å². The van der Waals surface area contributed by atoms with E-state index in [9.17, 15) is 13.6 Å². The van der Waals surface area contributed by atoms with Crippen LogP contribution in [-0.4, -0.2) is 47.9 Å². The maximum atomic E-state index is 14.0. The van der Waals surface area contributed by atoms with Gasteiger partial charge in [-0.25, -0.2) is 8.78 Å². The van der Waals surface area contributed by atoms with Crippen molar-refractivity contribution in [2.24, 2.45) is 5.73 Å². The van der Waals surface area contributed by atoms with Crippen molar-refractivity contribution < 1.29 is 13.6 Å². The van der Waals surface area contributed by atoms with Crippen LogP contribution in [0.25, 0.3) is 0 Å². The summed E-state index contributed by atoms with van der Waals surface area (Å²) in [6.45, 7) is 4.25. The number of hydrogen-bond acceptors (Lipinski definition) is 3. The molecule has 2 unspecified atom stereocenters. The van der Waals surface area contributed by atoms with E-state index in [1.54, 1.807) is 4.90 Å². The molecule has 1 aliphatic heterocycles. The minimum atomic E-state index is -0.578. The number of nitrogens with zero attached hydrogens (tertiary/aromatic N) is 2. The van der Waals surface area contributed by atoms with Crippen molar-refractivity contribution in [1.82, 2.24) is 9.80 Å². The van der Waals surface area contributed by atoms with Crippen LogP contribution >= 0.6 is 0 Å². The SMILES string of the molecule is CC(c1ccc(F)cc1F)N1CCN(C(=O)C(N)Cc2ccccc2)CC1. The molecule has 0 aromatic heterocycles. The zero-order chi connectivity index (χ0) is 19.4. The molecule has 0 radical (unpaired) electrons. The number of carbonyl (C=O) groups excluding carboxylic acids is 1. The van der Waals surface area contributed by atoms with Crippen LogP contribution in [0, 0.1) is 11.6 Å². The van der Waals surface area contributed by atoms with Crippen LogP contribution in [0.15, 0.2) is 48.5 Å². The summed E-state index contributed by atoms with van der Waals surface area (Å²) in [6.07, 6.45) is 0.511. The summed E-state index contributed by atoms with van der Waals surface area (Å²) in [7, 11) is 0. The number of hydrogen-bond donors (Lipinski definition) is 1. The van der Waals surface area contributed by atoms with E-state index in [2.05, 4.69) is 4.90 Å². The fourth-order valence-corrected chi connectivity index (χ4v) is 3.56. The molecule has 1 amide bonds. The Morgan fingerprint density at radius 1 is 1.07 bits per heavy atom. The monoisotopic (exact) mass is 373 g/mol. The van der Waals surface area contributed by atoms with E-state index in [0.717, 1.165) is 11.6 Å². The van der Waals surface area contributed by atoms with E-state index in [1.165, 1.54) is 12.1 Å². The summed E-state index contributed by atoms with van der Waals surface area (Å²) in [5, 5.41) is 0. The topological polar surface area (TPSA) is 49.6 Å². The fourth-order valence-electron chi connectivity index (χ4n) is 3.56. The number of nitrogens with two attached hydrogens (primary N) is 1. The van der Waals surface area contributed by atoms with Gasteiger partial charge in [-0.3, -0.25) is 9.69 Å². The van der Waals surface area contributed by atoms with Crippen molar-refractivity contribution in [2.45, 2.75) is 25.4 Å². The van der Waals surface area contributed by atoms with E-state index in [1.807, 2.05) is 37.3 Å². The van der Waals surface area contributed by atoms with E-state index in [0.29, 0.717) is 38.2 Å². The molecule has 0 aliphatic carbocycles. The molecule has 2 atom stereocenters. The first-order chi connectivity index (χ1) is 13.0. The smallest absolute Gasteiger partial charge is 0.239 e. The molecule has 1 fully saturated rings. The van der Waals surface area contributed by atoms with E-state index < -0.39 is 17.7 Å². The number of halogens is 2. The minimum absolute atomic E-state index is 0.0564. The predicted molar refractivity (Wildman–Crippen MR) is 101 cm³/mol. The molecule has 1 saturated heterocycles. The normalized spacial score (nSPS) is 17.6. The first-order valence-electron chi connectivity index (χ1n) is 9.23. The van der Waals surface area contributed by atoms with Gasteiger partial charge in [-0.05, 0) is 25.0 Å². The number of benzene rings is 2. The lowest BCUT2D eigenvalue weighted by molar-refractivity contribution is -0.134. The van der Waals surface area contributed by atoms with Crippen LogP contribution in [-0.2, 0) is 11.2 Å². The molecule has 144 valence electrons. The summed E-state index contributed by atoms with van der Waals surface area (Å²) >= 11 is 0. The van der Waals surface area contributed by atoms with Crippen LogP contribution < -0.4 is 5.73 Å². The molecule has 4 nitrogen and oxygen atoms in total. The lowest BCUT2D eigenvalue weighted by Crippen LogP contribution is -2.54. The second kappa shape index (κ2) is 8.59.